The van der Waals surface area contributed by atoms with E-state index in [0.29, 0.717) is 6.54 Å². The van der Waals surface area contributed by atoms with Gasteiger partial charge in [0.1, 0.15) is 0 Å². The number of carbonyl (C=O) groups excluding carboxylic acids is 1. The standard InChI is InChI=1S/C19H16BrNOS2/c1-21(12-15-8-10-23-13-15)19(22)17(18-3-2-9-24-18)11-14-4-6-16(20)7-5-14/h2-11,13H,12H2,1H3/b17-11+. The van der Waals surface area contributed by atoms with Gasteiger partial charge in [0.2, 0.25) is 0 Å². The van der Waals surface area contributed by atoms with Crippen LogP contribution in [-0.4, -0.2) is 17.9 Å². The van der Waals surface area contributed by atoms with Crippen LogP contribution in [0.3, 0.4) is 0 Å². The molecule has 1 amide bonds. The first kappa shape index (κ1) is 17.1. The van der Waals surface area contributed by atoms with Gasteiger partial charge in [0.05, 0.1) is 5.57 Å². The minimum atomic E-state index is 0.0339. The Bertz CT molecular complexity index is 821. The van der Waals surface area contributed by atoms with Crippen LogP contribution < -0.4 is 0 Å². The zero-order valence-electron chi connectivity index (χ0n) is 13.1. The molecule has 3 aromatic rings. The second-order valence-corrected chi connectivity index (χ2v) is 8.02. The molecule has 0 spiro atoms. The third-order valence-corrected chi connectivity index (χ3v) is 5.71. The van der Waals surface area contributed by atoms with Gasteiger partial charge in [-0.15, -0.1) is 11.3 Å². The van der Waals surface area contributed by atoms with Crippen molar-refractivity contribution in [2.75, 3.05) is 7.05 Å². The molecule has 2 nitrogen and oxygen atoms in total. The van der Waals surface area contributed by atoms with Crippen molar-refractivity contribution in [3.63, 3.8) is 0 Å². The second kappa shape index (κ2) is 7.92. The van der Waals surface area contributed by atoms with Gasteiger partial charge in [-0.1, -0.05) is 34.1 Å². The van der Waals surface area contributed by atoms with Gasteiger partial charge in [-0.3, -0.25) is 4.79 Å². The van der Waals surface area contributed by atoms with E-state index in [9.17, 15) is 4.79 Å². The topological polar surface area (TPSA) is 20.3 Å². The van der Waals surface area contributed by atoms with Gasteiger partial charge in [-0.05, 0) is 57.6 Å². The lowest BCUT2D eigenvalue weighted by Gasteiger charge is -2.18. The number of benzene rings is 1. The number of thiophene rings is 2. The molecule has 0 radical (unpaired) electrons. The van der Waals surface area contributed by atoms with Crippen LogP contribution in [0.5, 0.6) is 0 Å². The molecule has 0 aliphatic rings. The zero-order valence-corrected chi connectivity index (χ0v) is 16.3. The van der Waals surface area contributed by atoms with Gasteiger partial charge in [-0.25, -0.2) is 0 Å². The molecule has 0 bridgehead atoms. The number of halogens is 1. The third kappa shape index (κ3) is 4.23. The van der Waals surface area contributed by atoms with Crippen molar-refractivity contribution in [1.29, 1.82) is 0 Å². The molecule has 1 aromatic carbocycles. The monoisotopic (exact) mass is 417 g/mol. The minimum Gasteiger partial charge on any atom is -0.337 e. The summed E-state index contributed by atoms with van der Waals surface area (Å²) in [5.41, 5.74) is 2.90. The van der Waals surface area contributed by atoms with E-state index < -0.39 is 0 Å². The smallest absolute Gasteiger partial charge is 0.255 e. The van der Waals surface area contributed by atoms with Crippen molar-refractivity contribution < 1.29 is 4.79 Å². The maximum Gasteiger partial charge on any atom is 0.255 e. The first-order valence-electron chi connectivity index (χ1n) is 7.41. The zero-order chi connectivity index (χ0) is 16.9. The van der Waals surface area contributed by atoms with Crippen LogP contribution in [0.25, 0.3) is 11.6 Å². The SMILES string of the molecule is CN(Cc1ccsc1)C(=O)/C(=C/c1ccc(Br)cc1)c1cccs1. The van der Waals surface area contributed by atoms with Crippen molar-refractivity contribution in [2.45, 2.75) is 6.54 Å². The fourth-order valence-corrected chi connectivity index (χ4v) is 3.99. The van der Waals surface area contributed by atoms with Crippen LogP contribution in [0.1, 0.15) is 16.0 Å². The molecule has 0 N–H and O–H groups in total. The molecular weight excluding hydrogens is 402 g/mol. The van der Waals surface area contributed by atoms with Crippen LogP contribution in [0.2, 0.25) is 0 Å². The highest BCUT2D eigenvalue weighted by Crippen LogP contribution is 2.26. The number of rotatable bonds is 5. The fourth-order valence-electron chi connectivity index (χ4n) is 2.33. The van der Waals surface area contributed by atoms with E-state index in [2.05, 4.69) is 27.4 Å². The van der Waals surface area contributed by atoms with Crippen LogP contribution in [0.15, 0.2) is 63.1 Å². The van der Waals surface area contributed by atoms with Gasteiger partial charge < -0.3 is 4.90 Å². The Morgan fingerprint density at radius 1 is 1.17 bits per heavy atom. The summed E-state index contributed by atoms with van der Waals surface area (Å²) in [6.07, 6.45) is 1.96. The molecule has 0 aliphatic carbocycles. The summed E-state index contributed by atoms with van der Waals surface area (Å²) in [6, 6.07) is 14.0. The predicted molar refractivity (Wildman–Crippen MR) is 107 cm³/mol. The molecule has 0 fully saturated rings. The van der Waals surface area contributed by atoms with Crippen LogP contribution in [0, 0.1) is 0 Å². The Morgan fingerprint density at radius 3 is 2.58 bits per heavy atom. The first-order valence-corrected chi connectivity index (χ1v) is 10.0. The van der Waals surface area contributed by atoms with Crippen molar-refractivity contribution in [1.82, 2.24) is 4.90 Å². The number of amides is 1. The summed E-state index contributed by atoms with van der Waals surface area (Å²) >= 11 is 6.68. The van der Waals surface area contributed by atoms with Gasteiger partial charge in [-0.2, -0.15) is 11.3 Å². The molecule has 0 saturated heterocycles. The van der Waals surface area contributed by atoms with E-state index in [0.717, 1.165) is 26.0 Å². The second-order valence-electron chi connectivity index (χ2n) is 5.38. The quantitative estimate of drug-likeness (QED) is 0.482. The maximum atomic E-state index is 13.0. The van der Waals surface area contributed by atoms with Gasteiger partial charge >= 0.3 is 0 Å². The van der Waals surface area contributed by atoms with E-state index in [4.69, 9.17) is 0 Å². The Hall–Kier alpha value is -1.69. The number of likely N-dealkylation sites (N-methyl/N-ethyl adjacent to an activating group) is 1. The van der Waals surface area contributed by atoms with Crippen LogP contribution in [-0.2, 0) is 11.3 Å². The average molecular weight is 418 g/mol. The van der Waals surface area contributed by atoms with E-state index >= 15 is 0 Å². The summed E-state index contributed by atoms with van der Waals surface area (Å²) in [5.74, 6) is 0.0339. The highest BCUT2D eigenvalue weighted by Gasteiger charge is 2.18. The van der Waals surface area contributed by atoms with E-state index in [1.54, 1.807) is 27.6 Å². The lowest BCUT2D eigenvalue weighted by Crippen LogP contribution is -2.26. The molecule has 0 saturated carbocycles. The predicted octanol–water partition coefficient (Wildman–Crippen LogP) is 5.77. The van der Waals surface area contributed by atoms with Crippen molar-refractivity contribution >= 4 is 56.2 Å². The summed E-state index contributed by atoms with van der Waals surface area (Å²) < 4.78 is 1.03. The lowest BCUT2D eigenvalue weighted by molar-refractivity contribution is -0.124. The van der Waals surface area contributed by atoms with E-state index in [-0.39, 0.29) is 5.91 Å². The van der Waals surface area contributed by atoms with Crippen molar-refractivity contribution in [3.8, 4) is 0 Å². The van der Waals surface area contributed by atoms with Gasteiger partial charge in [0.15, 0.2) is 0 Å². The van der Waals surface area contributed by atoms with E-state index in [1.165, 1.54) is 0 Å². The Morgan fingerprint density at radius 2 is 1.96 bits per heavy atom. The molecule has 0 aliphatic heterocycles. The minimum absolute atomic E-state index is 0.0339. The maximum absolute atomic E-state index is 13.0. The van der Waals surface area contributed by atoms with Crippen molar-refractivity contribution in [3.05, 3.63) is 79.1 Å². The summed E-state index contributed by atoms with van der Waals surface area (Å²) in [6.45, 7) is 0.616. The summed E-state index contributed by atoms with van der Waals surface area (Å²) in [4.78, 5) is 15.8. The number of carbonyl (C=O) groups is 1. The Balaban J connectivity index is 1.90. The molecular formula is C19H16BrNOS2. The average Bonchev–Trinajstić information content (AvgIpc) is 3.27. The van der Waals surface area contributed by atoms with Gasteiger partial charge in [0, 0.05) is 22.9 Å². The molecule has 122 valence electrons. The number of hydrogen-bond donors (Lipinski definition) is 0. The van der Waals surface area contributed by atoms with Crippen molar-refractivity contribution in [2.24, 2.45) is 0 Å². The van der Waals surface area contributed by atoms with Gasteiger partial charge in [0.25, 0.3) is 5.91 Å². The largest absolute Gasteiger partial charge is 0.337 e. The lowest BCUT2D eigenvalue weighted by atomic mass is 10.1. The molecule has 0 atom stereocenters. The van der Waals surface area contributed by atoms with E-state index in [1.807, 2.05) is 60.3 Å². The highest BCUT2D eigenvalue weighted by molar-refractivity contribution is 9.10. The normalized spacial score (nSPS) is 11.5. The molecule has 2 heterocycles. The third-order valence-electron chi connectivity index (χ3n) is 3.54. The van der Waals surface area contributed by atoms with Crippen LogP contribution in [0.4, 0.5) is 0 Å². The Kier molecular flexibility index (Phi) is 5.66. The molecule has 24 heavy (non-hydrogen) atoms. The highest BCUT2D eigenvalue weighted by atomic mass is 79.9. The number of nitrogens with zero attached hydrogens (tertiary/aromatic N) is 1. The molecule has 0 unspecified atom stereocenters. The molecule has 3 rings (SSSR count). The molecule has 2 aromatic heterocycles. The summed E-state index contributed by atoms with van der Waals surface area (Å²) in [7, 11) is 1.85. The Labute approximate surface area is 158 Å². The molecule has 5 heteroatoms. The summed E-state index contributed by atoms with van der Waals surface area (Å²) in [5, 5.41) is 6.11. The number of hydrogen-bond acceptors (Lipinski definition) is 3. The first-order chi connectivity index (χ1) is 11.6. The fraction of sp³-hybridized carbons (Fsp3) is 0.105. The van der Waals surface area contributed by atoms with Crippen LogP contribution >= 0.6 is 38.6 Å².